The monoisotopic (exact) mass is 365 g/mol. The summed E-state index contributed by atoms with van der Waals surface area (Å²) >= 11 is 0. The number of benzene rings is 2. The van der Waals surface area contributed by atoms with Crippen LogP contribution in [0, 0.1) is 0 Å². The first-order valence-corrected chi connectivity index (χ1v) is 8.26. The first kappa shape index (κ1) is 18.3. The Hall–Kier alpha value is -3.54. The van der Waals surface area contributed by atoms with E-state index in [1.165, 1.54) is 13.2 Å². The van der Waals surface area contributed by atoms with Crippen molar-refractivity contribution >= 4 is 22.6 Å². The van der Waals surface area contributed by atoms with E-state index in [2.05, 4.69) is 11.9 Å². The second-order valence-corrected chi connectivity index (χ2v) is 5.82. The molecular weight excluding hydrogens is 346 g/mol. The number of anilines is 1. The molecule has 6 heteroatoms. The second-order valence-electron chi connectivity index (χ2n) is 5.82. The van der Waals surface area contributed by atoms with Gasteiger partial charge in [0.25, 0.3) is 5.91 Å². The van der Waals surface area contributed by atoms with Crippen LogP contribution >= 0.6 is 0 Å². The van der Waals surface area contributed by atoms with Gasteiger partial charge in [-0.2, -0.15) is 0 Å². The molecular formula is C21H19NO5. The lowest BCUT2D eigenvalue weighted by atomic mass is 10.0. The van der Waals surface area contributed by atoms with E-state index >= 15 is 0 Å². The summed E-state index contributed by atoms with van der Waals surface area (Å²) in [5, 5.41) is 3.56. The van der Waals surface area contributed by atoms with Gasteiger partial charge in [-0.25, -0.2) is 4.79 Å². The standard InChI is InChI=1S/C21H19NO5/c1-4-5-14-10-15(12-18(25-2)20(14)26-3)21(24)22-16-7-8-17-13(11-16)6-9-19(23)27-17/h4,6-12H,1,5H2,2-3H3,(H,22,24). The number of carbonyl (C=O) groups is 1. The zero-order valence-electron chi connectivity index (χ0n) is 15.1. The molecule has 0 atom stereocenters. The molecule has 1 aromatic heterocycles. The van der Waals surface area contributed by atoms with E-state index in [0.717, 1.165) is 5.56 Å². The van der Waals surface area contributed by atoms with Gasteiger partial charge < -0.3 is 19.2 Å². The second kappa shape index (κ2) is 7.78. The molecule has 0 fully saturated rings. The highest BCUT2D eigenvalue weighted by Crippen LogP contribution is 2.33. The van der Waals surface area contributed by atoms with Gasteiger partial charge in [-0.3, -0.25) is 4.79 Å². The topological polar surface area (TPSA) is 77.8 Å². The first-order chi connectivity index (χ1) is 13.0. The van der Waals surface area contributed by atoms with Crippen molar-refractivity contribution in [1.29, 1.82) is 0 Å². The molecule has 3 aromatic rings. The molecule has 2 aromatic carbocycles. The van der Waals surface area contributed by atoms with Gasteiger partial charge in [0, 0.05) is 28.3 Å². The lowest BCUT2D eigenvalue weighted by Crippen LogP contribution is -2.13. The summed E-state index contributed by atoms with van der Waals surface area (Å²) in [6, 6.07) is 11.4. The van der Waals surface area contributed by atoms with Crippen LogP contribution in [0.25, 0.3) is 11.0 Å². The molecule has 6 nitrogen and oxygen atoms in total. The summed E-state index contributed by atoms with van der Waals surface area (Å²) in [6.45, 7) is 3.74. The molecule has 0 saturated heterocycles. The van der Waals surface area contributed by atoms with E-state index in [-0.39, 0.29) is 5.91 Å². The smallest absolute Gasteiger partial charge is 0.336 e. The highest BCUT2D eigenvalue weighted by molar-refractivity contribution is 6.05. The molecule has 0 aliphatic heterocycles. The van der Waals surface area contributed by atoms with Gasteiger partial charge in [0.15, 0.2) is 11.5 Å². The number of ether oxygens (including phenoxy) is 2. The predicted octanol–water partition coefficient (Wildman–Crippen LogP) is 3.79. The Labute approximate surface area is 156 Å². The van der Waals surface area contributed by atoms with E-state index in [4.69, 9.17) is 13.9 Å². The molecule has 3 rings (SSSR count). The number of rotatable bonds is 6. The normalized spacial score (nSPS) is 10.4. The van der Waals surface area contributed by atoms with Gasteiger partial charge in [-0.1, -0.05) is 6.08 Å². The fourth-order valence-corrected chi connectivity index (χ4v) is 2.83. The van der Waals surface area contributed by atoms with E-state index in [9.17, 15) is 9.59 Å². The fraction of sp³-hybridized carbons (Fsp3) is 0.143. The van der Waals surface area contributed by atoms with Crippen LogP contribution in [0.1, 0.15) is 15.9 Å². The molecule has 0 aliphatic rings. The Balaban J connectivity index is 1.93. The zero-order chi connectivity index (χ0) is 19.4. The summed E-state index contributed by atoms with van der Waals surface area (Å²) in [4.78, 5) is 24.0. The van der Waals surface area contributed by atoms with Gasteiger partial charge in [0.2, 0.25) is 0 Å². The number of hydrogen-bond acceptors (Lipinski definition) is 5. The van der Waals surface area contributed by atoms with Crippen molar-refractivity contribution in [3.63, 3.8) is 0 Å². The van der Waals surface area contributed by atoms with Crippen molar-refractivity contribution in [2.24, 2.45) is 0 Å². The van der Waals surface area contributed by atoms with Gasteiger partial charge >= 0.3 is 5.63 Å². The lowest BCUT2D eigenvalue weighted by molar-refractivity contribution is 0.102. The average Bonchev–Trinajstić information content (AvgIpc) is 2.67. The van der Waals surface area contributed by atoms with Crippen LogP contribution in [0.4, 0.5) is 5.69 Å². The quantitative estimate of drug-likeness (QED) is 0.531. The van der Waals surface area contributed by atoms with Crippen LogP contribution in [-0.2, 0) is 6.42 Å². The van der Waals surface area contributed by atoms with Crippen LogP contribution in [0.2, 0.25) is 0 Å². The molecule has 0 saturated carbocycles. The van der Waals surface area contributed by atoms with Crippen LogP contribution in [0.15, 0.2) is 64.3 Å². The number of allylic oxidation sites excluding steroid dienone is 1. The van der Waals surface area contributed by atoms with E-state index in [0.29, 0.717) is 40.1 Å². The third kappa shape index (κ3) is 3.84. The highest BCUT2D eigenvalue weighted by Gasteiger charge is 2.16. The summed E-state index contributed by atoms with van der Waals surface area (Å²) in [5.41, 5.74) is 1.86. The number of methoxy groups -OCH3 is 2. The number of carbonyl (C=O) groups excluding carboxylic acids is 1. The largest absolute Gasteiger partial charge is 0.493 e. The van der Waals surface area contributed by atoms with Crippen molar-refractivity contribution in [2.45, 2.75) is 6.42 Å². The maximum atomic E-state index is 12.7. The highest BCUT2D eigenvalue weighted by atomic mass is 16.5. The van der Waals surface area contributed by atoms with Crippen molar-refractivity contribution < 1.29 is 18.7 Å². The summed E-state index contributed by atoms with van der Waals surface area (Å²) in [7, 11) is 3.08. The summed E-state index contributed by atoms with van der Waals surface area (Å²) in [6.07, 6.45) is 2.27. The van der Waals surface area contributed by atoms with Crippen molar-refractivity contribution in [1.82, 2.24) is 0 Å². The van der Waals surface area contributed by atoms with Crippen LogP contribution in [-0.4, -0.2) is 20.1 Å². The van der Waals surface area contributed by atoms with Gasteiger partial charge in [-0.05, 0) is 42.8 Å². The molecule has 0 radical (unpaired) electrons. The zero-order valence-corrected chi connectivity index (χ0v) is 15.1. The molecule has 0 spiro atoms. The minimum atomic E-state index is -0.417. The fourth-order valence-electron chi connectivity index (χ4n) is 2.83. The Morgan fingerprint density at radius 1 is 1.15 bits per heavy atom. The number of amides is 1. The average molecular weight is 365 g/mol. The predicted molar refractivity (Wildman–Crippen MR) is 104 cm³/mol. The molecule has 1 N–H and O–H groups in total. The SMILES string of the molecule is C=CCc1cc(C(=O)Nc2ccc3oc(=O)ccc3c2)cc(OC)c1OC. The molecule has 138 valence electrons. The van der Waals surface area contributed by atoms with Crippen LogP contribution < -0.4 is 20.4 Å². The minimum Gasteiger partial charge on any atom is -0.493 e. The first-order valence-electron chi connectivity index (χ1n) is 8.26. The Morgan fingerprint density at radius 2 is 1.96 bits per heavy atom. The lowest BCUT2D eigenvalue weighted by Gasteiger charge is -2.14. The van der Waals surface area contributed by atoms with Crippen molar-refractivity contribution in [3.8, 4) is 11.5 Å². The molecule has 0 unspecified atom stereocenters. The van der Waals surface area contributed by atoms with Gasteiger partial charge in [0.1, 0.15) is 5.58 Å². The number of hydrogen-bond donors (Lipinski definition) is 1. The van der Waals surface area contributed by atoms with Crippen LogP contribution in [0.5, 0.6) is 11.5 Å². The molecule has 1 heterocycles. The molecule has 0 aliphatic carbocycles. The maximum absolute atomic E-state index is 12.7. The van der Waals surface area contributed by atoms with E-state index in [1.54, 1.807) is 49.6 Å². The summed E-state index contributed by atoms with van der Waals surface area (Å²) < 4.78 is 15.8. The Kier molecular flexibility index (Phi) is 5.26. The third-order valence-corrected chi connectivity index (χ3v) is 4.06. The Morgan fingerprint density at radius 3 is 2.67 bits per heavy atom. The third-order valence-electron chi connectivity index (χ3n) is 4.06. The van der Waals surface area contributed by atoms with Gasteiger partial charge in [0.05, 0.1) is 14.2 Å². The molecule has 27 heavy (non-hydrogen) atoms. The minimum absolute atomic E-state index is 0.294. The summed E-state index contributed by atoms with van der Waals surface area (Å²) in [5.74, 6) is 0.759. The van der Waals surface area contributed by atoms with E-state index in [1.807, 2.05) is 0 Å². The van der Waals surface area contributed by atoms with Gasteiger partial charge in [-0.15, -0.1) is 6.58 Å². The van der Waals surface area contributed by atoms with Crippen LogP contribution in [0.3, 0.4) is 0 Å². The maximum Gasteiger partial charge on any atom is 0.336 e. The van der Waals surface area contributed by atoms with Crippen molar-refractivity contribution in [3.05, 3.63) is 76.7 Å². The number of fused-ring (bicyclic) bond motifs is 1. The Bertz CT molecular complexity index is 1070. The molecule has 1 amide bonds. The molecule has 0 bridgehead atoms. The number of nitrogens with one attached hydrogen (secondary N) is 1. The van der Waals surface area contributed by atoms with E-state index < -0.39 is 5.63 Å². The van der Waals surface area contributed by atoms with Crippen molar-refractivity contribution in [2.75, 3.05) is 19.5 Å².